The molecule has 6 heteroatoms. The summed E-state index contributed by atoms with van der Waals surface area (Å²) in [4.78, 5) is 24.4. The minimum Gasteiger partial charge on any atom is -0.462 e. The fraction of sp³-hybridized carbons (Fsp3) is 0.561. The number of carbonyl (C=O) groups excluding carboxylic acids is 2. The van der Waals surface area contributed by atoms with Gasteiger partial charge in [-0.1, -0.05) is 82.2 Å². The van der Waals surface area contributed by atoms with Crippen LogP contribution >= 0.6 is 0 Å². The second-order valence-corrected chi connectivity index (χ2v) is 14.1. The number of benzene rings is 2. The van der Waals surface area contributed by atoms with Gasteiger partial charge in [-0.2, -0.15) is 0 Å². The predicted molar refractivity (Wildman–Crippen MR) is 186 cm³/mol. The average Bonchev–Trinajstić information content (AvgIpc) is 3.08. The van der Waals surface area contributed by atoms with E-state index in [1.54, 1.807) is 13.0 Å². The van der Waals surface area contributed by atoms with Crippen LogP contribution in [0.5, 0.6) is 0 Å². The molecular weight excluding hydrogens is 591 g/mol. The average molecular weight is 647 g/mol. The van der Waals surface area contributed by atoms with Gasteiger partial charge in [0.2, 0.25) is 0 Å². The zero-order valence-electron chi connectivity index (χ0n) is 28.8. The molecule has 2 atom stereocenters. The van der Waals surface area contributed by atoms with Gasteiger partial charge in [-0.05, 0) is 112 Å². The highest BCUT2D eigenvalue weighted by Gasteiger charge is 2.31. The Hall–Kier alpha value is -3.25. The van der Waals surface area contributed by atoms with E-state index in [4.69, 9.17) is 9.47 Å². The summed E-state index contributed by atoms with van der Waals surface area (Å²) in [6.45, 7) is 12.8. The highest BCUT2D eigenvalue weighted by atomic mass is 19.1. The van der Waals surface area contributed by atoms with E-state index in [1.165, 1.54) is 51.0 Å². The first-order valence-corrected chi connectivity index (χ1v) is 17.8. The van der Waals surface area contributed by atoms with Crippen LogP contribution in [0.3, 0.4) is 0 Å². The van der Waals surface area contributed by atoms with Crippen LogP contribution in [0, 0.1) is 23.6 Å². The van der Waals surface area contributed by atoms with Crippen molar-refractivity contribution in [1.82, 2.24) is 0 Å². The fourth-order valence-electron chi connectivity index (χ4n) is 7.42. The van der Waals surface area contributed by atoms with E-state index in [0.717, 1.165) is 55.6 Å². The molecule has 2 unspecified atom stereocenters. The highest BCUT2D eigenvalue weighted by Crippen LogP contribution is 2.41. The molecule has 0 aliphatic heterocycles. The molecule has 2 aromatic rings. The van der Waals surface area contributed by atoms with E-state index >= 15 is 4.39 Å². The molecule has 2 aliphatic rings. The standard InChI is InChI=1S/C41H55FO5/c1-6-7-8-9-30-10-12-33(13-11-30)36-22-23-38(39(42)24-36)35-20-18-32(19-21-35)31-14-16-34(17-15-31)37(25-46-40(44)27(2)3)26-47-41(45)28(4)29(5)43/h18-24,29-31,33-34,37,43H,2,4,6-17,25-26H2,1,3,5H3. The second-order valence-electron chi connectivity index (χ2n) is 14.1. The molecule has 1 N–H and O–H groups in total. The lowest BCUT2D eigenvalue weighted by Crippen LogP contribution is -2.31. The van der Waals surface area contributed by atoms with Crippen LogP contribution in [-0.2, 0) is 19.1 Å². The molecule has 2 aliphatic carbocycles. The summed E-state index contributed by atoms with van der Waals surface area (Å²) in [7, 11) is 0. The van der Waals surface area contributed by atoms with Crippen molar-refractivity contribution >= 4 is 11.9 Å². The summed E-state index contributed by atoms with van der Waals surface area (Å²) >= 11 is 0. The van der Waals surface area contributed by atoms with Crippen molar-refractivity contribution in [3.05, 3.63) is 83.7 Å². The molecule has 0 aromatic heterocycles. The smallest absolute Gasteiger partial charge is 0.336 e. The maximum absolute atomic E-state index is 15.4. The van der Waals surface area contributed by atoms with Gasteiger partial charge in [-0.25, -0.2) is 14.0 Å². The van der Waals surface area contributed by atoms with Crippen LogP contribution in [0.15, 0.2) is 66.8 Å². The van der Waals surface area contributed by atoms with Gasteiger partial charge in [0.1, 0.15) is 5.82 Å². The zero-order chi connectivity index (χ0) is 33.9. The van der Waals surface area contributed by atoms with E-state index in [-0.39, 0.29) is 36.4 Å². The Balaban J connectivity index is 1.32. The first-order chi connectivity index (χ1) is 22.6. The third-order valence-electron chi connectivity index (χ3n) is 10.6. The van der Waals surface area contributed by atoms with E-state index in [1.807, 2.05) is 18.2 Å². The first kappa shape index (κ1) is 36.6. The van der Waals surface area contributed by atoms with E-state index < -0.39 is 18.0 Å². The quantitative estimate of drug-likeness (QED) is 0.118. The van der Waals surface area contributed by atoms with Crippen molar-refractivity contribution in [3.63, 3.8) is 0 Å². The summed E-state index contributed by atoms with van der Waals surface area (Å²) in [6, 6.07) is 14.2. The molecule has 2 fully saturated rings. The molecule has 4 rings (SSSR count). The van der Waals surface area contributed by atoms with Crippen LogP contribution < -0.4 is 0 Å². The molecule has 0 saturated heterocycles. The minimum absolute atomic E-state index is 0.000991. The molecule has 47 heavy (non-hydrogen) atoms. The second kappa shape index (κ2) is 17.8. The largest absolute Gasteiger partial charge is 0.462 e. The Labute approximate surface area is 281 Å². The fourth-order valence-corrected chi connectivity index (χ4v) is 7.42. The van der Waals surface area contributed by atoms with Crippen molar-refractivity contribution < 1.29 is 28.6 Å². The van der Waals surface area contributed by atoms with Gasteiger partial charge in [0.15, 0.2) is 0 Å². The third-order valence-corrected chi connectivity index (χ3v) is 10.6. The molecule has 0 spiro atoms. The molecule has 256 valence electrons. The summed E-state index contributed by atoms with van der Waals surface area (Å²) in [5.74, 6) is 0.477. The number of halogens is 1. The summed E-state index contributed by atoms with van der Waals surface area (Å²) in [5.41, 5.74) is 4.25. The lowest BCUT2D eigenvalue weighted by atomic mass is 9.74. The monoisotopic (exact) mass is 646 g/mol. The van der Waals surface area contributed by atoms with E-state index in [2.05, 4.69) is 38.3 Å². The SMILES string of the molecule is C=C(C)C(=O)OCC(COC(=O)C(=C)C(C)O)C1CCC(c2ccc(-c3ccc(C4CCC(CCCCC)CC4)cc3F)cc2)CC1. The van der Waals surface area contributed by atoms with Gasteiger partial charge in [0.05, 0.1) is 24.9 Å². The maximum Gasteiger partial charge on any atom is 0.336 e. The summed E-state index contributed by atoms with van der Waals surface area (Å²) in [5, 5.41) is 9.67. The Morgan fingerprint density at radius 1 is 0.851 bits per heavy atom. The minimum atomic E-state index is -0.991. The van der Waals surface area contributed by atoms with Crippen molar-refractivity contribution in [2.24, 2.45) is 17.8 Å². The van der Waals surface area contributed by atoms with Crippen LogP contribution in [-0.4, -0.2) is 36.4 Å². The van der Waals surface area contributed by atoms with Crippen molar-refractivity contribution in [2.45, 2.75) is 116 Å². The molecule has 0 radical (unpaired) electrons. The molecule has 0 bridgehead atoms. The van der Waals surface area contributed by atoms with Crippen molar-refractivity contribution in [1.29, 1.82) is 0 Å². The number of rotatable bonds is 15. The summed E-state index contributed by atoms with van der Waals surface area (Å²) in [6.07, 6.45) is 12.8. The Morgan fingerprint density at radius 3 is 2.00 bits per heavy atom. The van der Waals surface area contributed by atoms with Crippen LogP contribution in [0.2, 0.25) is 0 Å². The zero-order valence-corrected chi connectivity index (χ0v) is 28.8. The van der Waals surface area contributed by atoms with Gasteiger partial charge in [-0.15, -0.1) is 0 Å². The number of hydrogen-bond donors (Lipinski definition) is 1. The van der Waals surface area contributed by atoms with Crippen molar-refractivity contribution in [3.8, 4) is 11.1 Å². The summed E-state index contributed by atoms with van der Waals surface area (Å²) < 4.78 is 26.3. The maximum atomic E-state index is 15.4. The molecule has 0 heterocycles. The van der Waals surface area contributed by atoms with Crippen LogP contribution in [0.4, 0.5) is 4.39 Å². The highest BCUT2D eigenvalue weighted by molar-refractivity contribution is 5.88. The number of esters is 2. The first-order valence-electron chi connectivity index (χ1n) is 17.8. The van der Waals surface area contributed by atoms with E-state index in [9.17, 15) is 14.7 Å². The molecular formula is C41H55FO5. The Morgan fingerprint density at radius 2 is 1.43 bits per heavy atom. The predicted octanol–water partition coefficient (Wildman–Crippen LogP) is 9.84. The van der Waals surface area contributed by atoms with Crippen LogP contribution in [0.25, 0.3) is 11.1 Å². The molecule has 2 saturated carbocycles. The van der Waals surface area contributed by atoms with E-state index in [0.29, 0.717) is 23.0 Å². The molecule has 5 nitrogen and oxygen atoms in total. The van der Waals surface area contributed by atoms with Crippen LogP contribution in [0.1, 0.15) is 121 Å². The Kier molecular flexibility index (Phi) is 13.8. The molecule has 2 aromatic carbocycles. The normalized spacial score (nSPS) is 22.6. The van der Waals surface area contributed by atoms with Gasteiger partial charge in [-0.3, -0.25) is 0 Å². The van der Waals surface area contributed by atoms with Crippen molar-refractivity contribution in [2.75, 3.05) is 13.2 Å². The van der Waals surface area contributed by atoms with Gasteiger partial charge < -0.3 is 14.6 Å². The third kappa shape index (κ3) is 10.4. The topological polar surface area (TPSA) is 72.8 Å². The number of aliphatic hydroxyl groups excluding tert-OH is 1. The Bertz CT molecular complexity index is 1350. The number of hydrogen-bond acceptors (Lipinski definition) is 5. The number of carbonyl (C=O) groups is 2. The molecule has 0 amide bonds. The number of unbranched alkanes of at least 4 members (excludes halogenated alkanes) is 2. The number of ether oxygens (including phenoxy) is 2. The number of aliphatic hydroxyl groups is 1. The van der Waals surface area contributed by atoms with Gasteiger partial charge >= 0.3 is 11.9 Å². The van der Waals surface area contributed by atoms with Gasteiger partial charge in [0, 0.05) is 17.1 Å². The van der Waals surface area contributed by atoms with Gasteiger partial charge in [0.25, 0.3) is 0 Å². The lowest BCUT2D eigenvalue weighted by molar-refractivity contribution is -0.146. The lowest BCUT2D eigenvalue weighted by Gasteiger charge is -2.33.